The number of methoxy groups -OCH3 is 2. The number of amides is 1. The summed E-state index contributed by atoms with van der Waals surface area (Å²) in [5, 5.41) is 3.36. The Morgan fingerprint density at radius 3 is 2.96 bits per heavy atom. The highest BCUT2D eigenvalue weighted by atomic mass is 35.5. The molecule has 0 aromatic heterocycles. The molecule has 1 N–H and O–H groups in total. The van der Waals surface area contributed by atoms with Crippen molar-refractivity contribution in [1.29, 1.82) is 0 Å². The van der Waals surface area contributed by atoms with Crippen molar-refractivity contribution in [3.8, 4) is 5.75 Å². The van der Waals surface area contributed by atoms with Crippen LogP contribution in [0.1, 0.15) is 19.3 Å². The zero-order valence-corrected chi connectivity index (χ0v) is 15.5. The van der Waals surface area contributed by atoms with Crippen LogP contribution in [0.3, 0.4) is 0 Å². The van der Waals surface area contributed by atoms with Crippen LogP contribution in [0.4, 0.5) is 5.69 Å². The second-order valence-electron chi connectivity index (χ2n) is 6.64. The van der Waals surface area contributed by atoms with Crippen molar-refractivity contribution >= 4 is 23.2 Å². The summed E-state index contributed by atoms with van der Waals surface area (Å²) in [7, 11) is 3.30. The van der Waals surface area contributed by atoms with Gasteiger partial charge in [0, 0.05) is 32.5 Å². The van der Waals surface area contributed by atoms with Gasteiger partial charge in [-0.1, -0.05) is 11.6 Å². The largest absolute Gasteiger partial charge is 0.495 e. The first-order valence-corrected chi connectivity index (χ1v) is 8.96. The summed E-state index contributed by atoms with van der Waals surface area (Å²) >= 11 is 6.10. The molecule has 1 amide bonds. The molecule has 0 radical (unpaired) electrons. The molecule has 6 nitrogen and oxygen atoms in total. The van der Waals surface area contributed by atoms with Gasteiger partial charge in [0.15, 0.2) is 0 Å². The molecule has 25 heavy (non-hydrogen) atoms. The van der Waals surface area contributed by atoms with Gasteiger partial charge in [-0.2, -0.15) is 0 Å². The van der Waals surface area contributed by atoms with Crippen LogP contribution in [0.5, 0.6) is 5.75 Å². The maximum absolute atomic E-state index is 12.4. The molecule has 7 heteroatoms. The molecule has 2 unspecified atom stereocenters. The summed E-state index contributed by atoms with van der Waals surface area (Å²) < 4.78 is 16.8. The zero-order chi connectivity index (χ0) is 17.9. The maximum Gasteiger partial charge on any atom is 0.238 e. The van der Waals surface area contributed by atoms with E-state index in [2.05, 4.69) is 10.2 Å². The van der Waals surface area contributed by atoms with Crippen molar-refractivity contribution in [2.45, 2.75) is 31.0 Å². The van der Waals surface area contributed by atoms with Gasteiger partial charge >= 0.3 is 0 Å². The van der Waals surface area contributed by atoms with Gasteiger partial charge < -0.3 is 19.5 Å². The van der Waals surface area contributed by atoms with E-state index in [-0.39, 0.29) is 17.6 Å². The van der Waals surface area contributed by atoms with Crippen molar-refractivity contribution < 1.29 is 19.0 Å². The highest BCUT2D eigenvalue weighted by Gasteiger charge is 2.47. The minimum Gasteiger partial charge on any atom is -0.495 e. The number of piperidine rings is 1. The first-order chi connectivity index (χ1) is 12.1. The van der Waals surface area contributed by atoms with Crippen molar-refractivity contribution in [2.24, 2.45) is 0 Å². The fourth-order valence-corrected chi connectivity index (χ4v) is 4.09. The van der Waals surface area contributed by atoms with Crippen LogP contribution in [0.15, 0.2) is 18.2 Å². The Labute approximate surface area is 153 Å². The van der Waals surface area contributed by atoms with E-state index in [0.717, 1.165) is 39.0 Å². The monoisotopic (exact) mass is 368 g/mol. The van der Waals surface area contributed by atoms with E-state index < -0.39 is 0 Å². The number of carbonyl (C=O) groups is 1. The SMILES string of the molecule is COc1ccc(NC(=O)CN2CCC(OC)C3(CCCO3)C2)cc1Cl. The Morgan fingerprint density at radius 1 is 1.48 bits per heavy atom. The lowest BCUT2D eigenvalue weighted by Gasteiger charge is -2.44. The van der Waals surface area contributed by atoms with Crippen LogP contribution >= 0.6 is 11.6 Å². The van der Waals surface area contributed by atoms with E-state index in [9.17, 15) is 4.79 Å². The van der Waals surface area contributed by atoms with E-state index in [4.69, 9.17) is 25.8 Å². The summed E-state index contributed by atoms with van der Waals surface area (Å²) in [6, 6.07) is 5.21. The van der Waals surface area contributed by atoms with Crippen molar-refractivity contribution in [1.82, 2.24) is 4.90 Å². The number of benzene rings is 1. The number of nitrogens with one attached hydrogen (secondary N) is 1. The summed E-state index contributed by atoms with van der Waals surface area (Å²) in [5.41, 5.74) is 0.394. The fourth-order valence-electron chi connectivity index (χ4n) is 3.84. The molecule has 0 bridgehead atoms. The molecule has 1 spiro atoms. The second-order valence-corrected chi connectivity index (χ2v) is 7.05. The maximum atomic E-state index is 12.4. The quantitative estimate of drug-likeness (QED) is 0.865. The molecule has 1 aromatic carbocycles. The van der Waals surface area contributed by atoms with Crippen molar-refractivity contribution in [3.05, 3.63) is 23.2 Å². The number of ether oxygens (including phenoxy) is 3. The van der Waals surface area contributed by atoms with Gasteiger partial charge in [-0.25, -0.2) is 0 Å². The third kappa shape index (κ3) is 4.08. The first kappa shape index (κ1) is 18.5. The molecule has 2 aliphatic rings. The Kier molecular flexibility index (Phi) is 5.84. The lowest BCUT2D eigenvalue weighted by Crippen LogP contribution is -2.58. The average Bonchev–Trinajstić information content (AvgIpc) is 3.04. The molecule has 0 aliphatic carbocycles. The lowest BCUT2D eigenvalue weighted by molar-refractivity contribution is -0.146. The van der Waals surface area contributed by atoms with Crippen LogP contribution in [-0.4, -0.2) is 63.0 Å². The highest BCUT2D eigenvalue weighted by molar-refractivity contribution is 6.32. The summed E-state index contributed by atoms with van der Waals surface area (Å²) in [5.74, 6) is 0.520. The molecule has 2 atom stereocenters. The van der Waals surface area contributed by atoms with Gasteiger partial charge in [-0.3, -0.25) is 9.69 Å². The summed E-state index contributed by atoms with van der Waals surface area (Å²) in [4.78, 5) is 14.5. The summed E-state index contributed by atoms with van der Waals surface area (Å²) in [6.07, 6.45) is 3.01. The number of anilines is 1. The van der Waals surface area contributed by atoms with E-state index in [1.165, 1.54) is 0 Å². The number of halogens is 1. The van der Waals surface area contributed by atoms with Crippen LogP contribution in [0.2, 0.25) is 5.02 Å². The van der Waals surface area contributed by atoms with E-state index in [0.29, 0.717) is 23.0 Å². The van der Waals surface area contributed by atoms with Crippen molar-refractivity contribution in [2.75, 3.05) is 45.8 Å². The van der Waals surface area contributed by atoms with Crippen molar-refractivity contribution in [3.63, 3.8) is 0 Å². The lowest BCUT2D eigenvalue weighted by atomic mass is 9.87. The fraction of sp³-hybridized carbons (Fsp3) is 0.611. The molecule has 138 valence electrons. The van der Waals surface area contributed by atoms with Gasteiger partial charge in [0.2, 0.25) is 5.91 Å². The van der Waals surface area contributed by atoms with Gasteiger partial charge in [0.25, 0.3) is 0 Å². The predicted octanol–water partition coefficient (Wildman–Crippen LogP) is 2.56. The van der Waals surface area contributed by atoms with Crippen LogP contribution in [0, 0.1) is 0 Å². The summed E-state index contributed by atoms with van der Waals surface area (Å²) in [6.45, 7) is 2.64. The molecule has 0 saturated carbocycles. The van der Waals surface area contributed by atoms with Gasteiger partial charge in [-0.05, 0) is 37.5 Å². The molecule has 2 aliphatic heterocycles. The Morgan fingerprint density at radius 2 is 2.32 bits per heavy atom. The minimum atomic E-state index is -0.267. The number of hydrogen-bond acceptors (Lipinski definition) is 5. The number of rotatable bonds is 5. The normalized spacial score (nSPS) is 26.8. The zero-order valence-electron chi connectivity index (χ0n) is 14.7. The molecule has 1 aromatic rings. The Balaban J connectivity index is 1.58. The van der Waals surface area contributed by atoms with Crippen LogP contribution < -0.4 is 10.1 Å². The molecule has 2 fully saturated rings. The predicted molar refractivity (Wildman–Crippen MR) is 96.4 cm³/mol. The minimum absolute atomic E-state index is 0.0646. The Hall–Kier alpha value is -1.34. The average molecular weight is 369 g/mol. The topological polar surface area (TPSA) is 60.0 Å². The van der Waals surface area contributed by atoms with Crippen LogP contribution in [-0.2, 0) is 14.3 Å². The highest BCUT2D eigenvalue weighted by Crippen LogP contribution is 2.36. The third-order valence-electron chi connectivity index (χ3n) is 5.01. The number of hydrogen-bond donors (Lipinski definition) is 1. The molecule has 2 saturated heterocycles. The smallest absolute Gasteiger partial charge is 0.238 e. The molecule has 3 rings (SSSR count). The van der Waals surface area contributed by atoms with E-state index in [1.54, 1.807) is 32.4 Å². The van der Waals surface area contributed by atoms with Gasteiger partial charge in [0.1, 0.15) is 11.4 Å². The first-order valence-electron chi connectivity index (χ1n) is 8.59. The van der Waals surface area contributed by atoms with E-state index in [1.807, 2.05) is 0 Å². The van der Waals surface area contributed by atoms with E-state index >= 15 is 0 Å². The molecular weight excluding hydrogens is 344 g/mol. The number of nitrogens with zero attached hydrogens (tertiary/aromatic N) is 1. The van der Waals surface area contributed by atoms with Gasteiger partial charge in [0.05, 0.1) is 24.8 Å². The third-order valence-corrected chi connectivity index (χ3v) is 5.30. The van der Waals surface area contributed by atoms with Gasteiger partial charge in [-0.15, -0.1) is 0 Å². The standard InChI is InChI=1S/C18H25ClN2O4/c1-23-15-5-4-13(10-14(15)19)20-17(22)11-21-8-6-16(24-2)18(12-21)7-3-9-25-18/h4-5,10,16H,3,6-9,11-12H2,1-2H3,(H,20,22). The second kappa shape index (κ2) is 7.91. The number of likely N-dealkylation sites (tertiary alicyclic amines) is 1. The van der Waals surface area contributed by atoms with Crippen LogP contribution in [0.25, 0.3) is 0 Å². The molecular formula is C18H25ClN2O4. The molecule has 2 heterocycles. The Bertz CT molecular complexity index is 619. The number of carbonyl (C=O) groups excluding carboxylic acids is 1.